The lowest BCUT2D eigenvalue weighted by atomic mass is 10.0. The monoisotopic (exact) mass is 642 g/mol. The number of hydrogen-bond donors (Lipinski definition) is 0. The van der Waals surface area contributed by atoms with Crippen LogP contribution in [-0.2, 0) is 29.8 Å². The second-order valence-electron chi connectivity index (χ2n) is 14.5. The van der Waals surface area contributed by atoms with Gasteiger partial charge in [0.1, 0.15) is 12.3 Å². The zero-order valence-electron chi connectivity index (χ0n) is 28.6. The highest BCUT2D eigenvalue weighted by atomic mass is 28.3. The minimum atomic E-state index is -1.17. The van der Waals surface area contributed by atoms with Gasteiger partial charge in [-0.1, -0.05) is 50.0 Å². The van der Waals surface area contributed by atoms with Crippen LogP contribution in [0, 0.1) is 0 Å². The van der Waals surface area contributed by atoms with E-state index in [-0.39, 0.29) is 6.09 Å². The van der Waals surface area contributed by atoms with Crippen LogP contribution in [0.1, 0.15) is 44.0 Å². The maximum absolute atomic E-state index is 12.6. The number of rotatable bonds is 10. The van der Waals surface area contributed by atoms with Crippen LogP contribution in [-0.4, -0.2) is 81.9 Å². The third-order valence-electron chi connectivity index (χ3n) is 8.08. The highest BCUT2D eigenvalue weighted by Gasteiger charge is 2.24. The average Bonchev–Trinajstić information content (AvgIpc) is 3.47. The summed E-state index contributed by atoms with van der Waals surface area (Å²) < 4.78 is 15.5. The van der Waals surface area contributed by atoms with Crippen LogP contribution in [0.5, 0.6) is 0 Å². The summed E-state index contributed by atoms with van der Waals surface area (Å²) in [7, 11) is 0.756. The molecule has 0 aliphatic carbocycles. The molecule has 0 radical (unpaired) electrons. The Hall–Kier alpha value is -3.73. The number of benzene rings is 2. The molecule has 0 atom stereocenters. The van der Waals surface area contributed by atoms with Gasteiger partial charge in [0.2, 0.25) is 0 Å². The van der Waals surface area contributed by atoms with Crippen molar-refractivity contribution in [1.29, 1.82) is 0 Å². The van der Waals surface area contributed by atoms with Gasteiger partial charge in [-0.2, -0.15) is 10.2 Å². The minimum absolute atomic E-state index is 0.216. The molecule has 0 unspecified atom stereocenters. The maximum Gasteiger partial charge on any atom is 0.410 e. The van der Waals surface area contributed by atoms with Gasteiger partial charge in [-0.15, -0.1) is 0 Å². The van der Waals surface area contributed by atoms with Gasteiger partial charge in [-0.25, -0.2) is 9.48 Å². The van der Waals surface area contributed by atoms with Gasteiger partial charge >= 0.3 is 6.09 Å². The Morgan fingerprint density at radius 1 is 0.978 bits per heavy atom. The Bertz CT molecular complexity index is 1640. The molecule has 5 rings (SSSR count). The Labute approximate surface area is 274 Å². The van der Waals surface area contributed by atoms with E-state index in [1.807, 2.05) is 49.8 Å². The normalized spacial score (nSPS) is 15.2. The first kappa shape index (κ1) is 33.6. The molecule has 0 bridgehead atoms. The van der Waals surface area contributed by atoms with Crippen molar-refractivity contribution in [3.05, 3.63) is 71.7 Å². The quantitative estimate of drug-likeness (QED) is 0.133. The zero-order valence-corrected chi connectivity index (χ0v) is 29.6. The Balaban J connectivity index is 1.29. The number of aromatic nitrogens is 4. The van der Waals surface area contributed by atoms with E-state index in [0.29, 0.717) is 13.3 Å². The molecule has 3 heterocycles. The molecule has 0 spiro atoms. The standard InChI is InChI=1S/C36H50N6O3Si/c1-36(2,3)45-35(43)41-18-8-17-40(19-20-41)26-28-9-12-30(13-10-28)31-14-16-34-32(23-31)33(15-11-29-24-37-39(4)25-29)38-42(34)27-44-21-22-46(5,6)7/h9-16,23-25H,8,17-22,26-27H2,1-7H3/b15-11+. The summed E-state index contributed by atoms with van der Waals surface area (Å²) in [4.78, 5) is 16.8. The van der Waals surface area contributed by atoms with Gasteiger partial charge in [0.15, 0.2) is 0 Å². The van der Waals surface area contributed by atoms with Crippen molar-refractivity contribution in [2.75, 3.05) is 32.8 Å². The second kappa shape index (κ2) is 14.4. The van der Waals surface area contributed by atoms with E-state index < -0.39 is 13.7 Å². The van der Waals surface area contributed by atoms with Crippen molar-refractivity contribution in [2.45, 2.75) is 71.8 Å². The number of amides is 1. The maximum atomic E-state index is 12.6. The minimum Gasteiger partial charge on any atom is -0.444 e. The summed E-state index contributed by atoms with van der Waals surface area (Å²) in [6.45, 7) is 18.1. The third kappa shape index (κ3) is 9.40. The van der Waals surface area contributed by atoms with Gasteiger partial charge in [0.25, 0.3) is 0 Å². The van der Waals surface area contributed by atoms with Gasteiger partial charge < -0.3 is 14.4 Å². The van der Waals surface area contributed by atoms with Gasteiger partial charge in [-0.3, -0.25) is 9.58 Å². The summed E-state index contributed by atoms with van der Waals surface area (Å²) >= 11 is 0. The molecular weight excluding hydrogens is 593 g/mol. The van der Waals surface area contributed by atoms with E-state index in [1.54, 1.807) is 4.68 Å². The summed E-state index contributed by atoms with van der Waals surface area (Å²) in [6, 6.07) is 16.5. The Morgan fingerprint density at radius 3 is 2.43 bits per heavy atom. The van der Waals surface area contributed by atoms with Crippen LogP contribution in [0.4, 0.5) is 4.79 Å². The molecule has 9 nitrogen and oxygen atoms in total. The fourth-order valence-corrected chi connectivity index (χ4v) is 6.29. The van der Waals surface area contributed by atoms with Gasteiger partial charge in [-0.05, 0) is 74.2 Å². The van der Waals surface area contributed by atoms with Crippen LogP contribution >= 0.6 is 0 Å². The molecule has 1 amide bonds. The molecule has 46 heavy (non-hydrogen) atoms. The SMILES string of the molecule is Cn1cc(/C=C/c2nn(COCC[Si](C)(C)C)c3ccc(-c4ccc(CN5CCCN(C(=O)OC(C)(C)C)CC5)cc4)cc23)cn1. The second-order valence-corrected chi connectivity index (χ2v) is 20.2. The number of ether oxygens (including phenoxy) is 2. The van der Waals surface area contributed by atoms with Crippen molar-refractivity contribution in [2.24, 2.45) is 7.05 Å². The number of aryl methyl sites for hydroxylation is 1. The lowest BCUT2D eigenvalue weighted by Gasteiger charge is -2.26. The third-order valence-corrected chi connectivity index (χ3v) is 9.79. The molecule has 1 saturated heterocycles. The van der Waals surface area contributed by atoms with Crippen LogP contribution in [0.3, 0.4) is 0 Å². The number of hydrogen-bond acceptors (Lipinski definition) is 6. The Kier molecular flexibility index (Phi) is 10.5. The largest absolute Gasteiger partial charge is 0.444 e. The summed E-state index contributed by atoms with van der Waals surface area (Å²) in [6.07, 6.45) is 8.69. The topological polar surface area (TPSA) is 77.7 Å². The molecule has 1 aliphatic heterocycles. The molecule has 4 aromatic rings. The van der Waals surface area contributed by atoms with E-state index >= 15 is 0 Å². The molecule has 2 aromatic heterocycles. The van der Waals surface area contributed by atoms with Crippen molar-refractivity contribution in [1.82, 2.24) is 29.4 Å². The number of nitrogens with zero attached hydrogens (tertiary/aromatic N) is 6. The van der Waals surface area contributed by atoms with Crippen LogP contribution in [0.15, 0.2) is 54.9 Å². The van der Waals surface area contributed by atoms with Crippen LogP contribution in [0.25, 0.3) is 34.2 Å². The first-order valence-corrected chi connectivity index (χ1v) is 20.1. The molecule has 2 aromatic carbocycles. The molecular formula is C36H50N6O3Si. The van der Waals surface area contributed by atoms with Gasteiger partial charge in [0, 0.05) is 71.6 Å². The first-order chi connectivity index (χ1) is 21.8. The van der Waals surface area contributed by atoms with E-state index in [1.165, 1.54) is 11.1 Å². The molecule has 1 fully saturated rings. The molecule has 246 valence electrons. The summed E-state index contributed by atoms with van der Waals surface area (Å²) in [5.74, 6) is 0. The predicted molar refractivity (Wildman–Crippen MR) is 189 cm³/mol. The highest BCUT2D eigenvalue weighted by molar-refractivity contribution is 6.76. The van der Waals surface area contributed by atoms with Crippen molar-refractivity contribution in [3.8, 4) is 11.1 Å². The Morgan fingerprint density at radius 2 is 1.74 bits per heavy atom. The lowest BCUT2D eigenvalue weighted by molar-refractivity contribution is 0.0257. The van der Waals surface area contributed by atoms with Gasteiger partial charge in [0.05, 0.1) is 17.4 Å². The average molecular weight is 643 g/mol. The van der Waals surface area contributed by atoms with E-state index in [2.05, 4.69) is 84.3 Å². The fourth-order valence-electron chi connectivity index (χ4n) is 5.53. The first-order valence-electron chi connectivity index (χ1n) is 16.4. The van der Waals surface area contributed by atoms with Crippen molar-refractivity contribution in [3.63, 3.8) is 0 Å². The van der Waals surface area contributed by atoms with E-state index in [4.69, 9.17) is 14.6 Å². The van der Waals surface area contributed by atoms with Crippen molar-refractivity contribution < 1.29 is 14.3 Å². The smallest absolute Gasteiger partial charge is 0.410 e. The van der Waals surface area contributed by atoms with Crippen LogP contribution in [0.2, 0.25) is 25.7 Å². The number of carbonyl (C=O) groups excluding carboxylic acids is 1. The van der Waals surface area contributed by atoms with E-state index in [0.717, 1.165) is 73.0 Å². The number of fused-ring (bicyclic) bond motifs is 1. The zero-order chi connectivity index (χ0) is 32.9. The molecule has 0 saturated carbocycles. The van der Waals surface area contributed by atoms with Crippen LogP contribution < -0.4 is 0 Å². The number of carbonyl (C=O) groups is 1. The van der Waals surface area contributed by atoms with Crippen molar-refractivity contribution >= 4 is 37.2 Å². The molecule has 0 N–H and O–H groups in total. The lowest BCUT2D eigenvalue weighted by Crippen LogP contribution is -2.39. The fraction of sp³-hybridized carbons (Fsp3) is 0.472. The summed E-state index contributed by atoms with van der Waals surface area (Å²) in [5.41, 5.74) is 6.10. The summed E-state index contributed by atoms with van der Waals surface area (Å²) in [5, 5.41) is 10.3. The molecule has 10 heteroatoms. The predicted octanol–water partition coefficient (Wildman–Crippen LogP) is 7.36. The molecule has 1 aliphatic rings. The van der Waals surface area contributed by atoms with E-state index in [9.17, 15) is 4.79 Å². The highest BCUT2D eigenvalue weighted by Crippen LogP contribution is 2.29.